The van der Waals surface area contributed by atoms with Gasteiger partial charge < -0.3 is 0 Å². The van der Waals surface area contributed by atoms with Crippen molar-refractivity contribution in [2.75, 3.05) is 19.1 Å². The lowest BCUT2D eigenvalue weighted by Crippen LogP contribution is -1.93. The molecule has 0 aromatic heterocycles. The van der Waals surface area contributed by atoms with Gasteiger partial charge in [-0.05, 0) is 6.92 Å². The number of hydrogen-bond acceptors (Lipinski definition) is 3. The van der Waals surface area contributed by atoms with E-state index in [0.717, 1.165) is 0 Å². The van der Waals surface area contributed by atoms with Crippen LogP contribution in [-0.2, 0) is 13.6 Å². The summed E-state index contributed by atoms with van der Waals surface area (Å²) in [6, 6.07) is 0. The van der Waals surface area contributed by atoms with Gasteiger partial charge in [0.1, 0.15) is 0 Å². The third-order valence-corrected chi connectivity index (χ3v) is 2.64. The van der Waals surface area contributed by atoms with Gasteiger partial charge in [0.2, 0.25) is 0 Å². The quantitative estimate of drug-likeness (QED) is 0.300. The van der Waals surface area contributed by atoms with Crippen molar-refractivity contribution in [2.45, 2.75) is 6.92 Å². The fourth-order valence-corrected chi connectivity index (χ4v) is 1.53. The van der Waals surface area contributed by atoms with Gasteiger partial charge in [0.05, 0.1) is 13.2 Å². The first-order valence-corrected chi connectivity index (χ1v) is 5.84. The molecule has 0 saturated heterocycles. The molecule has 1 unspecified atom stereocenters. The minimum absolute atomic E-state index is 0.147. The highest BCUT2D eigenvalue weighted by molar-refractivity contribution is 7.59. The summed E-state index contributed by atoms with van der Waals surface area (Å²) in [4.78, 5) is 0. The van der Waals surface area contributed by atoms with Gasteiger partial charge in [0, 0.05) is 11.5 Å². The molecule has 0 aromatic carbocycles. The van der Waals surface area contributed by atoms with E-state index < -0.39 is 7.60 Å². The Bertz CT molecular complexity index is 244. The fourth-order valence-electron chi connectivity index (χ4n) is 0.554. The van der Waals surface area contributed by atoms with Gasteiger partial charge in [-0.15, -0.1) is 18.0 Å². The molecule has 0 aromatic rings. The Hall–Kier alpha value is -0.260. The van der Waals surface area contributed by atoms with E-state index >= 15 is 0 Å². The normalized spacial score (nSPS) is 15.5. The van der Waals surface area contributed by atoms with Gasteiger partial charge in [-0.25, -0.2) is 4.57 Å². The Morgan fingerprint density at radius 2 is 2.23 bits per heavy atom. The Morgan fingerprint density at radius 3 is 2.69 bits per heavy atom. The molecule has 0 amide bonds. The van der Waals surface area contributed by atoms with Crippen molar-refractivity contribution in [3.63, 3.8) is 0 Å². The molecule has 0 spiro atoms. The Morgan fingerprint density at radius 1 is 1.54 bits per heavy atom. The maximum absolute atomic E-state index is 11.4. The minimum Gasteiger partial charge on any atom is -0.300 e. The lowest BCUT2D eigenvalue weighted by molar-refractivity contribution is 0.239. The standard InChI is InChI=1S/C8H12ClO3P/c1-3-11-13(10,4-2)12-8-6-5-7-9/h2,5-6H,3,7-8H2,1H3/b6-5+. The van der Waals surface area contributed by atoms with Gasteiger partial charge in [0.15, 0.2) is 0 Å². The fraction of sp³-hybridized carbons (Fsp3) is 0.500. The van der Waals surface area contributed by atoms with E-state index in [2.05, 4.69) is 0 Å². The van der Waals surface area contributed by atoms with E-state index in [1.165, 1.54) is 0 Å². The molecule has 3 nitrogen and oxygen atoms in total. The van der Waals surface area contributed by atoms with E-state index in [1.54, 1.807) is 19.1 Å². The van der Waals surface area contributed by atoms with Gasteiger partial charge in [0.25, 0.3) is 0 Å². The van der Waals surface area contributed by atoms with Gasteiger partial charge in [-0.3, -0.25) is 9.05 Å². The van der Waals surface area contributed by atoms with Gasteiger partial charge >= 0.3 is 7.60 Å². The van der Waals surface area contributed by atoms with Crippen LogP contribution in [0.3, 0.4) is 0 Å². The molecule has 74 valence electrons. The molecule has 0 heterocycles. The monoisotopic (exact) mass is 222 g/mol. The lowest BCUT2D eigenvalue weighted by atomic mass is 10.6. The summed E-state index contributed by atoms with van der Waals surface area (Å²) in [7, 11) is -3.31. The molecule has 1 atom stereocenters. The highest BCUT2D eigenvalue weighted by Gasteiger charge is 2.18. The third-order valence-electron chi connectivity index (χ3n) is 1.05. The second kappa shape index (κ2) is 7.17. The van der Waals surface area contributed by atoms with Crippen LogP contribution in [0.2, 0.25) is 0 Å². The zero-order valence-electron chi connectivity index (χ0n) is 7.40. The van der Waals surface area contributed by atoms with Crippen molar-refractivity contribution in [1.29, 1.82) is 0 Å². The van der Waals surface area contributed by atoms with Crippen molar-refractivity contribution in [1.82, 2.24) is 0 Å². The maximum Gasteiger partial charge on any atom is 0.405 e. The van der Waals surface area contributed by atoms with E-state index in [1.807, 2.05) is 5.66 Å². The number of alkyl halides is 1. The molecule has 5 heteroatoms. The molecule has 0 N–H and O–H groups in total. The predicted octanol–water partition coefficient (Wildman–Crippen LogP) is 2.62. The third kappa shape index (κ3) is 5.90. The molecule has 0 radical (unpaired) electrons. The minimum atomic E-state index is -3.31. The van der Waals surface area contributed by atoms with Crippen LogP contribution in [0.1, 0.15) is 6.92 Å². The molecular weight excluding hydrogens is 211 g/mol. The molecule has 0 fully saturated rings. The maximum atomic E-state index is 11.4. The van der Waals surface area contributed by atoms with Crippen molar-refractivity contribution in [3.05, 3.63) is 12.2 Å². The zero-order chi connectivity index (χ0) is 10.2. The Kier molecular flexibility index (Phi) is 7.03. The molecule has 0 aliphatic rings. The molecule has 0 aliphatic heterocycles. The van der Waals surface area contributed by atoms with Crippen molar-refractivity contribution < 1.29 is 13.6 Å². The highest BCUT2D eigenvalue weighted by atomic mass is 35.5. The van der Waals surface area contributed by atoms with Crippen LogP contribution in [0.25, 0.3) is 0 Å². The molecule has 13 heavy (non-hydrogen) atoms. The average molecular weight is 223 g/mol. The first-order valence-electron chi connectivity index (χ1n) is 3.76. The van der Waals surface area contributed by atoms with E-state index in [0.29, 0.717) is 5.88 Å². The zero-order valence-corrected chi connectivity index (χ0v) is 9.05. The van der Waals surface area contributed by atoms with Gasteiger partial charge in [-0.1, -0.05) is 12.2 Å². The van der Waals surface area contributed by atoms with Crippen molar-refractivity contribution in [3.8, 4) is 12.1 Å². The second-order valence-electron chi connectivity index (χ2n) is 1.97. The Labute approximate surface area is 83.6 Å². The number of terminal acetylenes is 1. The summed E-state index contributed by atoms with van der Waals surface area (Å²) < 4.78 is 21.1. The van der Waals surface area contributed by atoms with Crippen LogP contribution in [0, 0.1) is 12.1 Å². The first kappa shape index (κ1) is 12.7. The average Bonchev–Trinajstić information content (AvgIpc) is 2.13. The number of hydrogen-bond donors (Lipinski definition) is 0. The summed E-state index contributed by atoms with van der Waals surface area (Å²) in [5.74, 6) is 0.387. The number of rotatable bonds is 6. The van der Waals surface area contributed by atoms with Crippen LogP contribution in [0.15, 0.2) is 12.2 Å². The van der Waals surface area contributed by atoms with E-state index in [4.69, 9.17) is 27.1 Å². The van der Waals surface area contributed by atoms with Crippen molar-refractivity contribution >= 4 is 19.2 Å². The van der Waals surface area contributed by atoms with Crippen LogP contribution in [0.5, 0.6) is 0 Å². The molecule has 0 aliphatic carbocycles. The van der Waals surface area contributed by atoms with Crippen LogP contribution < -0.4 is 0 Å². The summed E-state index contributed by atoms with van der Waals surface area (Å²) in [5, 5.41) is 0. The summed E-state index contributed by atoms with van der Waals surface area (Å²) in [6.45, 7) is 2.11. The highest BCUT2D eigenvalue weighted by Crippen LogP contribution is 2.46. The second-order valence-corrected chi connectivity index (χ2v) is 4.04. The topological polar surface area (TPSA) is 35.5 Å². The number of allylic oxidation sites excluding steroid dienone is 1. The lowest BCUT2D eigenvalue weighted by Gasteiger charge is -2.09. The largest absolute Gasteiger partial charge is 0.405 e. The summed E-state index contributed by atoms with van der Waals surface area (Å²) in [6.07, 6.45) is 8.30. The Balaban J connectivity index is 3.93. The molecule has 0 bridgehead atoms. The molecule has 0 saturated carbocycles. The van der Waals surface area contributed by atoms with E-state index in [9.17, 15) is 4.57 Å². The predicted molar refractivity (Wildman–Crippen MR) is 53.9 cm³/mol. The van der Waals surface area contributed by atoms with Crippen LogP contribution in [0.4, 0.5) is 0 Å². The van der Waals surface area contributed by atoms with Gasteiger partial charge in [-0.2, -0.15) is 0 Å². The van der Waals surface area contributed by atoms with Crippen LogP contribution >= 0.6 is 19.2 Å². The molecular formula is C8H12ClO3P. The SMILES string of the molecule is C#CP(=O)(OCC)OC/C=C/CCl. The number of halogens is 1. The summed E-state index contributed by atoms with van der Waals surface area (Å²) in [5.41, 5.74) is 2.00. The smallest absolute Gasteiger partial charge is 0.300 e. The summed E-state index contributed by atoms with van der Waals surface area (Å²) >= 11 is 5.36. The van der Waals surface area contributed by atoms with Crippen molar-refractivity contribution in [2.24, 2.45) is 0 Å². The molecule has 0 rings (SSSR count). The van der Waals surface area contributed by atoms with Crippen LogP contribution in [-0.4, -0.2) is 19.1 Å². The first-order chi connectivity index (χ1) is 6.18. The van der Waals surface area contributed by atoms with E-state index in [-0.39, 0.29) is 13.2 Å².